The van der Waals surface area contributed by atoms with E-state index in [9.17, 15) is 4.79 Å². The van der Waals surface area contributed by atoms with Gasteiger partial charge >= 0.3 is 0 Å². The third kappa shape index (κ3) is 1.84. The van der Waals surface area contributed by atoms with Gasteiger partial charge in [0.1, 0.15) is 5.78 Å². The molecule has 0 aliphatic heterocycles. The number of hydrogen-bond donors (Lipinski definition) is 0. The molecule has 0 aromatic rings. The summed E-state index contributed by atoms with van der Waals surface area (Å²) in [6.07, 6.45) is 12.7. The van der Waals surface area contributed by atoms with Crippen LogP contribution in [0.15, 0.2) is 11.6 Å². The van der Waals surface area contributed by atoms with Crippen molar-refractivity contribution in [3.8, 4) is 0 Å². The van der Waals surface area contributed by atoms with Gasteiger partial charge in [0.15, 0.2) is 0 Å². The molecule has 0 unspecified atom stereocenters. The first-order chi connectivity index (χ1) is 9.97. The Bertz CT molecular complexity index is 510. The number of Topliss-reactive ketones (excluding diaryl/α,β-unsaturated/α-hetero) is 1. The van der Waals surface area contributed by atoms with E-state index in [1.54, 1.807) is 5.57 Å². The number of hydrogen-bond acceptors (Lipinski definition) is 1. The molecular weight excluding hydrogens is 324 g/mol. The summed E-state index contributed by atoms with van der Waals surface area (Å²) in [5.74, 6) is 2.67. The third-order valence-corrected chi connectivity index (χ3v) is 9.29. The van der Waals surface area contributed by atoms with Gasteiger partial charge in [-0.1, -0.05) is 47.8 Å². The van der Waals surface area contributed by atoms with Crippen LogP contribution in [0.4, 0.5) is 0 Å². The van der Waals surface area contributed by atoms with Gasteiger partial charge in [0.05, 0.1) is 4.83 Å². The first-order valence-corrected chi connectivity index (χ1v) is 9.75. The lowest BCUT2D eigenvalue weighted by atomic mass is 9.48. The molecule has 0 spiro atoms. The Morgan fingerprint density at radius 3 is 2.81 bits per heavy atom. The van der Waals surface area contributed by atoms with Crippen LogP contribution in [0.5, 0.6) is 0 Å². The standard InChI is InChI=1S/C19H27BrO/c1-18-9-4-3-5-12(18)6-7-13-14(18)8-10-19(2)15(13)11-16(21)17(19)20/h6,13-15,17H,3-5,7-11H2,1-2H3/t13-,14+,15+,17+,18+,19+/m1/s1. The summed E-state index contributed by atoms with van der Waals surface area (Å²) in [5, 5.41) is 0. The van der Waals surface area contributed by atoms with Gasteiger partial charge in [-0.05, 0) is 67.1 Å². The van der Waals surface area contributed by atoms with Crippen molar-refractivity contribution in [2.24, 2.45) is 28.6 Å². The van der Waals surface area contributed by atoms with E-state index in [0.29, 0.717) is 17.1 Å². The van der Waals surface area contributed by atoms with Crippen LogP contribution in [0.1, 0.15) is 65.2 Å². The number of carbonyl (C=O) groups excluding carboxylic acids is 1. The highest BCUT2D eigenvalue weighted by atomic mass is 79.9. The molecule has 3 saturated carbocycles. The Morgan fingerprint density at radius 2 is 2.00 bits per heavy atom. The van der Waals surface area contributed by atoms with Crippen molar-refractivity contribution < 1.29 is 4.79 Å². The highest BCUT2D eigenvalue weighted by Crippen LogP contribution is 2.65. The number of rotatable bonds is 0. The molecule has 6 atom stereocenters. The zero-order chi connectivity index (χ0) is 14.8. The maximum Gasteiger partial charge on any atom is 0.147 e. The lowest BCUT2D eigenvalue weighted by molar-refractivity contribution is -0.117. The number of ketones is 1. The fraction of sp³-hybridized carbons (Fsp3) is 0.842. The predicted octanol–water partition coefficient (Wildman–Crippen LogP) is 5.28. The monoisotopic (exact) mass is 350 g/mol. The van der Waals surface area contributed by atoms with Gasteiger partial charge in [0.25, 0.3) is 0 Å². The minimum Gasteiger partial charge on any atom is -0.298 e. The number of fused-ring (bicyclic) bond motifs is 5. The average Bonchev–Trinajstić information content (AvgIpc) is 2.70. The highest BCUT2D eigenvalue weighted by molar-refractivity contribution is 9.10. The lowest BCUT2D eigenvalue weighted by Gasteiger charge is -2.57. The molecule has 0 aromatic carbocycles. The summed E-state index contributed by atoms with van der Waals surface area (Å²) in [6.45, 7) is 4.92. The average molecular weight is 351 g/mol. The fourth-order valence-corrected chi connectivity index (χ4v) is 7.19. The van der Waals surface area contributed by atoms with E-state index in [1.165, 1.54) is 44.9 Å². The van der Waals surface area contributed by atoms with Crippen molar-refractivity contribution in [3.63, 3.8) is 0 Å². The minimum atomic E-state index is 0.112. The number of alkyl halides is 1. The Labute approximate surface area is 137 Å². The van der Waals surface area contributed by atoms with Gasteiger partial charge in [-0.15, -0.1) is 0 Å². The molecule has 0 saturated heterocycles. The molecular formula is C19H27BrO. The van der Waals surface area contributed by atoms with Crippen LogP contribution in [0.3, 0.4) is 0 Å². The van der Waals surface area contributed by atoms with Crippen LogP contribution >= 0.6 is 15.9 Å². The van der Waals surface area contributed by atoms with Gasteiger partial charge in [-0.3, -0.25) is 4.79 Å². The number of carbonyl (C=O) groups is 1. The molecule has 0 heterocycles. The first kappa shape index (κ1) is 14.5. The van der Waals surface area contributed by atoms with E-state index in [1.807, 2.05) is 0 Å². The van der Waals surface area contributed by atoms with Crippen LogP contribution in [-0.4, -0.2) is 10.6 Å². The number of halogens is 1. The quantitative estimate of drug-likeness (QED) is 0.429. The second-order valence-electron chi connectivity index (χ2n) is 8.54. The molecule has 4 aliphatic rings. The summed E-state index contributed by atoms with van der Waals surface area (Å²) in [5.41, 5.74) is 2.43. The van der Waals surface area contributed by atoms with E-state index in [4.69, 9.17) is 0 Å². The fourth-order valence-electron chi connectivity index (χ4n) is 6.43. The van der Waals surface area contributed by atoms with Crippen molar-refractivity contribution in [2.75, 3.05) is 0 Å². The van der Waals surface area contributed by atoms with Gasteiger partial charge in [-0.25, -0.2) is 0 Å². The van der Waals surface area contributed by atoms with E-state index >= 15 is 0 Å². The highest BCUT2D eigenvalue weighted by Gasteiger charge is 2.60. The normalized spacial score (nSPS) is 52.7. The van der Waals surface area contributed by atoms with Crippen LogP contribution in [0, 0.1) is 28.6 Å². The van der Waals surface area contributed by atoms with Gasteiger partial charge in [-0.2, -0.15) is 0 Å². The van der Waals surface area contributed by atoms with Crippen LogP contribution < -0.4 is 0 Å². The van der Waals surface area contributed by atoms with E-state index in [0.717, 1.165) is 18.3 Å². The zero-order valence-corrected chi connectivity index (χ0v) is 14.9. The van der Waals surface area contributed by atoms with E-state index in [2.05, 4.69) is 35.9 Å². The largest absolute Gasteiger partial charge is 0.298 e. The third-order valence-electron chi connectivity index (χ3n) is 7.74. The summed E-state index contributed by atoms with van der Waals surface area (Å²) in [6, 6.07) is 0. The van der Waals surface area contributed by atoms with Crippen LogP contribution in [-0.2, 0) is 4.79 Å². The van der Waals surface area contributed by atoms with E-state index in [-0.39, 0.29) is 10.2 Å². The molecule has 0 aromatic heterocycles. The SMILES string of the molecule is C[C@]12CC[C@H]3[C@@H](CC=C4CCCC[C@@]43C)[C@@H]1CC(=O)[C@@H]2Br. The molecule has 4 rings (SSSR count). The molecule has 0 N–H and O–H groups in total. The van der Waals surface area contributed by atoms with Crippen molar-refractivity contribution in [3.05, 3.63) is 11.6 Å². The Hall–Kier alpha value is -0.110. The van der Waals surface area contributed by atoms with Crippen molar-refractivity contribution in [1.29, 1.82) is 0 Å². The Kier molecular flexibility index (Phi) is 3.24. The molecule has 116 valence electrons. The molecule has 0 bridgehead atoms. The maximum atomic E-state index is 12.3. The number of allylic oxidation sites excluding steroid dienone is 2. The van der Waals surface area contributed by atoms with Gasteiger partial charge < -0.3 is 0 Å². The lowest BCUT2D eigenvalue weighted by Crippen LogP contribution is -2.49. The van der Waals surface area contributed by atoms with Crippen molar-refractivity contribution in [2.45, 2.75) is 70.0 Å². The molecule has 2 heteroatoms. The van der Waals surface area contributed by atoms with Gasteiger partial charge in [0.2, 0.25) is 0 Å². The molecule has 0 radical (unpaired) electrons. The van der Waals surface area contributed by atoms with Crippen LogP contribution in [0.25, 0.3) is 0 Å². The second-order valence-corrected chi connectivity index (χ2v) is 9.46. The second kappa shape index (κ2) is 4.69. The molecule has 1 nitrogen and oxygen atoms in total. The molecule has 0 amide bonds. The smallest absolute Gasteiger partial charge is 0.147 e. The summed E-state index contributed by atoms with van der Waals surface area (Å²) in [7, 11) is 0. The zero-order valence-electron chi connectivity index (χ0n) is 13.3. The van der Waals surface area contributed by atoms with Crippen molar-refractivity contribution >= 4 is 21.7 Å². The molecule has 4 aliphatic carbocycles. The van der Waals surface area contributed by atoms with Crippen LogP contribution in [0.2, 0.25) is 0 Å². The minimum absolute atomic E-state index is 0.112. The van der Waals surface area contributed by atoms with Gasteiger partial charge in [0, 0.05) is 6.42 Å². The predicted molar refractivity (Wildman–Crippen MR) is 89.4 cm³/mol. The summed E-state index contributed by atoms with van der Waals surface area (Å²) < 4.78 is 0. The molecule has 3 fully saturated rings. The molecule has 21 heavy (non-hydrogen) atoms. The topological polar surface area (TPSA) is 17.1 Å². The Balaban J connectivity index is 1.71. The van der Waals surface area contributed by atoms with Crippen molar-refractivity contribution in [1.82, 2.24) is 0 Å². The first-order valence-electron chi connectivity index (χ1n) is 8.83. The van der Waals surface area contributed by atoms with E-state index < -0.39 is 0 Å². The summed E-state index contributed by atoms with van der Waals surface area (Å²) in [4.78, 5) is 12.4. The maximum absolute atomic E-state index is 12.3. The summed E-state index contributed by atoms with van der Waals surface area (Å²) >= 11 is 3.74. The Morgan fingerprint density at radius 1 is 1.19 bits per heavy atom.